The number of nitrogens with zero attached hydrogens (tertiary/aromatic N) is 1. The van der Waals surface area contributed by atoms with Gasteiger partial charge in [-0.05, 0) is 0 Å². The van der Waals surface area contributed by atoms with Crippen LogP contribution in [0.1, 0.15) is 0 Å². The Labute approximate surface area is 120 Å². The van der Waals surface area contributed by atoms with E-state index in [0.29, 0.717) is 14.5 Å². The quantitative estimate of drug-likeness (QED) is 0.396. The molecule has 0 saturated heterocycles. The van der Waals surface area contributed by atoms with Crippen LogP contribution in [0.25, 0.3) is 41.4 Å². The Hall–Kier alpha value is -2.09. The second kappa shape index (κ2) is 3.72. The second-order valence-electron chi connectivity index (χ2n) is 4.86. The molecule has 0 atom stereocenters. The number of aromatic nitrogens is 1. The van der Waals surface area contributed by atoms with Gasteiger partial charge >= 0.3 is 120 Å². The molecular weight excluding hydrogens is 313 g/mol. The number of rotatable bonds is 0. The summed E-state index contributed by atoms with van der Waals surface area (Å²) in [5.74, 6) is 0. The third-order valence-electron chi connectivity index (χ3n) is 3.73. The van der Waals surface area contributed by atoms with E-state index in [2.05, 4.69) is 41.4 Å². The molecule has 0 unspecified atom stereocenters. The first kappa shape index (κ1) is 10.7. The maximum absolute atomic E-state index is 6.15. The SMILES string of the molecule is c1cnc2c(c1)oc1cccc3[se]c4cccc2c4c13. The van der Waals surface area contributed by atoms with E-state index >= 15 is 0 Å². The number of benzene rings is 2. The minimum absolute atomic E-state index is 0.367. The molecule has 0 aliphatic carbocycles. The van der Waals surface area contributed by atoms with Crippen molar-refractivity contribution < 1.29 is 4.42 Å². The van der Waals surface area contributed by atoms with Crippen LogP contribution in [-0.4, -0.2) is 19.5 Å². The summed E-state index contributed by atoms with van der Waals surface area (Å²) in [6, 6.07) is 16.8. The molecule has 20 heavy (non-hydrogen) atoms. The molecule has 0 aliphatic rings. The molecule has 0 N–H and O–H groups in total. The van der Waals surface area contributed by atoms with Gasteiger partial charge in [-0.3, -0.25) is 0 Å². The summed E-state index contributed by atoms with van der Waals surface area (Å²) in [4.78, 5) is 4.55. The number of pyridine rings is 1. The zero-order valence-electron chi connectivity index (χ0n) is 10.5. The van der Waals surface area contributed by atoms with Gasteiger partial charge in [-0.2, -0.15) is 0 Å². The summed E-state index contributed by atoms with van der Waals surface area (Å²) < 4.78 is 8.98. The van der Waals surface area contributed by atoms with Crippen LogP contribution in [-0.2, 0) is 0 Å². The van der Waals surface area contributed by atoms with Crippen molar-refractivity contribution in [3.05, 3.63) is 54.7 Å². The van der Waals surface area contributed by atoms with Crippen LogP contribution in [0, 0.1) is 0 Å². The molecule has 3 aromatic heterocycles. The number of hydrogen-bond acceptors (Lipinski definition) is 2. The average Bonchev–Trinajstić information content (AvgIpc) is 2.79. The van der Waals surface area contributed by atoms with E-state index in [9.17, 15) is 0 Å². The summed E-state index contributed by atoms with van der Waals surface area (Å²) in [7, 11) is 0. The Morgan fingerprint density at radius 3 is 2.55 bits per heavy atom. The van der Waals surface area contributed by atoms with Gasteiger partial charge in [-0.1, -0.05) is 0 Å². The van der Waals surface area contributed by atoms with Gasteiger partial charge in [0.1, 0.15) is 0 Å². The minimum atomic E-state index is 0.367. The van der Waals surface area contributed by atoms with Crippen LogP contribution in [0.2, 0.25) is 0 Å². The van der Waals surface area contributed by atoms with E-state index < -0.39 is 0 Å². The van der Waals surface area contributed by atoms with Crippen molar-refractivity contribution in [2.75, 3.05) is 0 Å². The summed E-state index contributed by atoms with van der Waals surface area (Å²) in [6.45, 7) is 0. The molecule has 0 bridgehead atoms. The van der Waals surface area contributed by atoms with E-state index in [-0.39, 0.29) is 0 Å². The van der Waals surface area contributed by atoms with Crippen LogP contribution in [0.4, 0.5) is 0 Å². The Morgan fingerprint density at radius 1 is 0.800 bits per heavy atom. The topological polar surface area (TPSA) is 26.0 Å². The summed E-state index contributed by atoms with van der Waals surface area (Å²) in [6.07, 6.45) is 1.83. The van der Waals surface area contributed by atoms with Crippen molar-refractivity contribution in [2.45, 2.75) is 0 Å². The van der Waals surface area contributed by atoms with Gasteiger partial charge in [0.25, 0.3) is 0 Å². The number of fused-ring (bicyclic) bond motifs is 2. The fraction of sp³-hybridized carbons (Fsp3) is 0. The van der Waals surface area contributed by atoms with Crippen LogP contribution < -0.4 is 0 Å². The molecule has 0 aliphatic heterocycles. The molecule has 3 heterocycles. The summed E-state index contributed by atoms with van der Waals surface area (Å²) >= 11 is 0.367. The molecule has 2 nitrogen and oxygen atoms in total. The van der Waals surface area contributed by atoms with Gasteiger partial charge in [0, 0.05) is 0 Å². The summed E-state index contributed by atoms with van der Waals surface area (Å²) in [5, 5.41) is 3.80. The second-order valence-corrected chi connectivity index (χ2v) is 7.14. The zero-order chi connectivity index (χ0) is 13.1. The molecule has 0 radical (unpaired) electrons. The normalized spacial score (nSPS) is 12.0. The van der Waals surface area contributed by atoms with Gasteiger partial charge < -0.3 is 0 Å². The standard InChI is InChI=1S/C17H9NOSe/c1-4-10-15-13(7-1)20-14-8-2-5-11(16(14)15)19-12-6-3-9-18-17(10)12/h1-9H. The Balaban J connectivity index is 2.32. The Kier molecular flexibility index (Phi) is 1.99. The molecular formula is C17H9NOSe. The fourth-order valence-electron chi connectivity index (χ4n) is 2.91. The van der Waals surface area contributed by atoms with Crippen molar-refractivity contribution in [2.24, 2.45) is 0 Å². The molecule has 5 aromatic rings. The molecule has 0 saturated carbocycles. The van der Waals surface area contributed by atoms with Crippen molar-refractivity contribution in [1.29, 1.82) is 0 Å². The Bertz CT molecular complexity index is 1100. The van der Waals surface area contributed by atoms with E-state index in [1.54, 1.807) is 0 Å². The first-order valence-electron chi connectivity index (χ1n) is 6.49. The molecule has 2 aromatic carbocycles. The average molecular weight is 322 g/mol. The molecule has 0 fully saturated rings. The first-order valence-corrected chi connectivity index (χ1v) is 8.20. The van der Waals surface area contributed by atoms with Crippen molar-refractivity contribution >= 4 is 55.9 Å². The maximum atomic E-state index is 6.15. The Morgan fingerprint density at radius 2 is 1.60 bits per heavy atom. The van der Waals surface area contributed by atoms with Gasteiger partial charge in [-0.15, -0.1) is 0 Å². The molecule has 0 spiro atoms. The van der Waals surface area contributed by atoms with E-state index in [1.807, 2.05) is 18.3 Å². The first-order chi connectivity index (χ1) is 9.92. The molecule has 94 valence electrons. The van der Waals surface area contributed by atoms with Crippen LogP contribution in [0.5, 0.6) is 0 Å². The third-order valence-corrected chi connectivity index (χ3v) is 6.08. The van der Waals surface area contributed by atoms with E-state index in [0.717, 1.165) is 16.7 Å². The van der Waals surface area contributed by atoms with Crippen LogP contribution in [0.15, 0.2) is 59.1 Å². The number of hydrogen-bond donors (Lipinski definition) is 0. The molecule has 0 amide bonds. The monoisotopic (exact) mass is 323 g/mol. The predicted molar refractivity (Wildman–Crippen MR) is 83.5 cm³/mol. The van der Waals surface area contributed by atoms with Crippen molar-refractivity contribution in [3.8, 4) is 0 Å². The summed E-state index contributed by atoms with van der Waals surface area (Å²) in [5.41, 5.74) is 2.75. The zero-order valence-corrected chi connectivity index (χ0v) is 12.2. The van der Waals surface area contributed by atoms with Gasteiger partial charge in [0.15, 0.2) is 0 Å². The van der Waals surface area contributed by atoms with Gasteiger partial charge in [0.2, 0.25) is 0 Å². The molecule has 5 rings (SSSR count). The van der Waals surface area contributed by atoms with Crippen LogP contribution >= 0.6 is 0 Å². The van der Waals surface area contributed by atoms with Gasteiger partial charge in [-0.25, -0.2) is 0 Å². The van der Waals surface area contributed by atoms with E-state index in [4.69, 9.17) is 4.42 Å². The third kappa shape index (κ3) is 1.26. The van der Waals surface area contributed by atoms with Crippen molar-refractivity contribution in [1.82, 2.24) is 4.98 Å². The fourth-order valence-corrected chi connectivity index (χ4v) is 5.32. The van der Waals surface area contributed by atoms with Crippen LogP contribution in [0.3, 0.4) is 0 Å². The van der Waals surface area contributed by atoms with Crippen molar-refractivity contribution in [3.63, 3.8) is 0 Å². The predicted octanol–water partition coefficient (Wildman–Crippen LogP) is 4.34. The molecule has 3 heteroatoms. The van der Waals surface area contributed by atoms with E-state index in [1.165, 1.54) is 24.7 Å². The van der Waals surface area contributed by atoms with Gasteiger partial charge in [0.05, 0.1) is 0 Å².